The van der Waals surface area contributed by atoms with E-state index in [1.807, 2.05) is 67.4 Å². The first-order valence-electron chi connectivity index (χ1n) is 7.80. The summed E-state index contributed by atoms with van der Waals surface area (Å²) in [6.07, 6.45) is 3.55. The van der Waals surface area contributed by atoms with Crippen LogP contribution in [0.15, 0.2) is 48.1 Å². The largest absolute Gasteiger partial charge is 0.338 e. The van der Waals surface area contributed by atoms with Crippen molar-refractivity contribution in [3.63, 3.8) is 0 Å². The minimum atomic E-state index is -0.273. The van der Waals surface area contributed by atoms with Crippen LogP contribution in [0.4, 0.5) is 0 Å². The molecule has 3 rings (SSSR count). The maximum Gasteiger partial charge on any atom is 0.245 e. The molecule has 6 heteroatoms. The number of carbonyl (C=O) groups excluding carboxylic acids is 1. The number of thiazole rings is 1. The van der Waals surface area contributed by atoms with Crippen LogP contribution in [-0.2, 0) is 11.3 Å². The molecular weight excluding hydrogens is 320 g/mol. The summed E-state index contributed by atoms with van der Waals surface area (Å²) in [4.78, 5) is 23.2. The maximum absolute atomic E-state index is 12.6. The molecule has 0 spiro atoms. The van der Waals surface area contributed by atoms with Crippen molar-refractivity contribution in [2.75, 3.05) is 7.05 Å². The average molecular weight is 340 g/mol. The van der Waals surface area contributed by atoms with Gasteiger partial charge in [0.15, 0.2) is 0 Å². The summed E-state index contributed by atoms with van der Waals surface area (Å²) in [7, 11) is 1.81. The molecule has 0 fully saturated rings. The minimum absolute atomic E-state index is 0.0466. The standard InChI is InChI=1S/C18H20N4OS/c1-13(22-10-9-19-14(22)2)18(23)21(3)11-16-12-24-17(20-16)15-7-5-4-6-8-15/h4-10,12-13H,11H2,1-3H3/t13-/m1/s1. The molecule has 0 bridgehead atoms. The van der Waals surface area contributed by atoms with E-state index in [9.17, 15) is 4.79 Å². The Balaban J connectivity index is 1.69. The molecule has 1 aromatic carbocycles. The van der Waals surface area contributed by atoms with Crippen molar-refractivity contribution >= 4 is 17.2 Å². The van der Waals surface area contributed by atoms with Gasteiger partial charge in [-0.25, -0.2) is 9.97 Å². The molecule has 0 saturated carbocycles. The topological polar surface area (TPSA) is 51.0 Å². The van der Waals surface area contributed by atoms with Gasteiger partial charge in [0.1, 0.15) is 16.9 Å². The number of benzene rings is 1. The van der Waals surface area contributed by atoms with Gasteiger partial charge in [0.2, 0.25) is 5.91 Å². The van der Waals surface area contributed by atoms with Crippen LogP contribution in [0.3, 0.4) is 0 Å². The van der Waals surface area contributed by atoms with E-state index in [-0.39, 0.29) is 11.9 Å². The summed E-state index contributed by atoms with van der Waals surface area (Å²) in [6, 6.07) is 9.81. The van der Waals surface area contributed by atoms with Crippen LogP contribution in [0.1, 0.15) is 24.5 Å². The third-order valence-electron chi connectivity index (χ3n) is 3.98. The van der Waals surface area contributed by atoms with Gasteiger partial charge < -0.3 is 9.47 Å². The zero-order valence-electron chi connectivity index (χ0n) is 14.0. The van der Waals surface area contributed by atoms with Gasteiger partial charge in [-0.3, -0.25) is 4.79 Å². The van der Waals surface area contributed by atoms with Gasteiger partial charge >= 0.3 is 0 Å². The highest BCUT2D eigenvalue weighted by Gasteiger charge is 2.21. The number of hydrogen-bond acceptors (Lipinski definition) is 4. The predicted molar refractivity (Wildman–Crippen MR) is 95.7 cm³/mol. The van der Waals surface area contributed by atoms with Gasteiger partial charge in [-0.1, -0.05) is 30.3 Å². The first kappa shape index (κ1) is 16.4. The van der Waals surface area contributed by atoms with Gasteiger partial charge in [-0.15, -0.1) is 11.3 Å². The van der Waals surface area contributed by atoms with E-state index in [4.69, 9.17) is 0 Å². The van der Waals surface area contributed by atoms with Gasteiger partial charge in [0.25, 0.3) is 0 Å². The third kappa shape index (κ3) is 3.38. The van der Waals surface area contributed by atoms with Crippen molar-refractivity contribution in [1.82, 2.24) is 19.4 Å². The molecule has 0 aliphatic carbocycles. The smallest absolute Gasteiger partial charge is 0.245 e. The van der Waals surface area contributed by atoms with Crippen LogP contribution in [0.2, 0.25) is 0 Å². The van der Waals surface area contributed by atoms with Crippen molar-refractivity contribution in [2.45, 2.75) is 26.4 Å². The number of aryl methyl sites for hydroxylation is 1. The highest BCUT2D eigenvalue weighted by Crippen LogP contribution is 2.24. The molecule has 0 aliphatic rings. The Kier molecular flexibility index (Phi) is 4.76. The molecule has 1 amide bonds. The molecule has 0 radical (unpaired) electrons. The fourth-order valence-corrected chi connectivity index (χ4v) is 3.47. The highest BCUT2D eigenvalue weighted by molar-refractivity contribution is 7.13. The summed E-state index contributed by atoms with van der Waals surface area (Å²) in [5.41, 5.74) is 2.01. The Hall–Kier alpha value is -2.47. The Morgan fingerprint density at radius 2 is 2.08 bits per heavy atom. The van der Waals surface area contributed by atoms with E-state index in [1.54, 1.807) is 22.4 Å². The summed E-state index contributed by atoms with van der Waals surface area (Å²) < 4.78 is 1.88. The lowest BCUT2D eigenvalue weighted by atomic mass is 10.2. The summed E-state index contributed by atoms with van der Waals surface area (Å²) in [6.45, 7) is 4.29. The maximum atomic E-state index is 12.6. The molecule has 0 unspecified atom stereocenters. The van der Waals surface area contributed by atoms with E-state index in [2.05, 4.69) is 9.97 Å². The fraction of sp³-hybridized carbons (Fsp3) is 0.278. The van der Waals surface area contributed by atoms with E-state index in [1.165, 1.54) is 0 Å². The second kappa shape index (κ2) is 6.97. The van der Waals surface area contributed by atoms with Gasteiger partial charge in [0.05, 0.1) is 12.2 Å². The molecule has 5 nitrogen and oxygen atoms in total. The molecule has 0 saturated heterocycles. The van der Waals surface area contributed by atoms with Crippen molar-refractivity contribution in [3.8, 4) is 10.6 Å². The third-order valence-corrected chi connectivity index (χ3v) is 4.93. The van der Waals surface area contributed by atoms with E-state index >= 15 is 0 Å². The van der Waals surface area contributed by atoms with Crippen molar-refractivity contribution in [1.29, 1.82) is 0 Å². The van der Waals surface area contributed by atoms with Crippen molar-refractivity contribution in [2.24, 2.45) is 0 Å². The number of nitrogens with zero attached hydrogens (tertiary/aromatic N) is 4. The monoisotopic (exact) mass is 340 g/mol. The molecule has 124 valence electrons. The second-order valence-corrected chi connectivity index (χ2v) is 6.62. The van der Waals surface area contributed by atoms with Crippen molar-refractivity contribution < 1.29 is 4.79 Å². The fourth-order valence-electron chi connectivity index (χ4n) is 2.65. The molecular formula is C18H20N4OS. The molecule has 0 aliphatic heterocycles. The lowest BCUT2D eigenvalue weighted by molar-refractivity contribution is -0.133. The van der Waals surface area contributed by atoms with Crippen LogP contribution in [0.5, 0.6) is 0 Å². The molecule has 3 aromatic rings. The van der Waals surface area contributed by atoms with E-state index in [0.29, 0.717) is 6.54 Å². The van der Waals surface area contributed by atoms with Crippen LogP contribution in [-0.4, -0.2) is 32.4 Å². The predicted octanol–water partition coefficient (Wildman–Crippen LogP) is 3.53. The van der Waals surface area contributed by atoms with E-state index in [0.717, 1.165) is 22.1 Å². The van der Waals surface area contributed by atoms with Gasteiger partial charge in [-0.05, 0) is 13.8 Å². The molecule has 1 atom stereocenters. The second-order valence-electron chi connectivity index (χ2n) is 5.76. The zero-order valence-corrected chi connectivity index (χ0v) is 14.8. The molecule has 2 heterocycles. The number of likely N-dealkylation sites (N-methyl/N-ethyl adjacent to an activating group) is 1. The Bertz CT molecular complexity index is 824. The normalized spacial score (nSPS) is 12.1. The first-order chi connectivity index (χ1) is 11.6. The highest BCUT2D eigenvalue weighted by atomic mass is 32.1. The van der Waals surface area contributed by atoms with Crippen molar-refractivity contribution in [3.05, 3.63) is 59.6 Å². The Labute approximate surface area is 145 Å². The van der Waals surface area contributed by atoms with E-state index < -0.39 is 0 Å². The lowest BCUT2D eigenvalue weighted by Gasteiger charge is -2.22. The van der Waals surface area contributed by atoms with Crippen LogP contribution in [0, 0.1) is 6.92 Å². The van der Waals surface area contributed by atoms with Gasteiger partial charge in [-0.2, -0.15) is 0 Å². The van der Waals surface area contributed by atoms with Gasteiger partial charge in [0, 0.05) is 30.4 Å². The summed E-state index contributed by atoms with van der Waals surface area (Å²) >= 11 is 1.60. The lowest BCUT2D eigenvalue weighted by Crippen LogP contribution is -2.33. The number of aromatic nitrogens is 3. The molecule has 24 heavy (non-hydrogen) atoms. The minimum Gasteiger partial charge on any atom is -0.338 e. The number of imidazole rings is 1. The number of amides is 1. The summed E-state index contributed by atoms with van der Waals surface area (Å²) in [5.74, 6) is 0.884. The SMILES string of the molecule is Cc1nccn1[C@H](C)C(=O)N(C)Cc1csc(-c2ccccc2)n1. The van der Waals surface area contributed by atoms with Crippen LogP contribution in [0.25, 0.3) is 10.6 Å². The molecule has 2 aromatic heterocycles. The molecule has 0 N–H and O–H groups in total. The number of hydrogen-bond donors (Lipinski definition) is 0. The zero-order chi connectivity index (χ0) is 17.1. The van der Waals surface area contributed by atoms with Crippen LogP contribution < -0.4 is 0 Å². The number of rotatable bonds is 5. The summed E-state index contributed by atoms with van der Waals surface area (Å²) in [5, 5.41) is 2.99. The average Bonchev–Trinajstić information content (AvgIpc) is 3.23. The first-order valence-corrected chi connectivity index (χ1v) is 8.68. The Morgan fingerprint density at radius 1 is 1.33 bits per heavy atom. The quantitative estimate of drug-likeness (QED) is 0.714. The number of carbonyl (C=O) groups is 1. The van der Waals surface area contributed by atoms with Crippen LogP contribution >= 0.6 is 11.3 Å². The Morgan fingerprint density at radius 3 is 2.75 bits per heavy atom.